The van der Waals surface area contributed by atoms with Crippen molar-refractivity contribution in [3.8, 4) is 0 Å². The molecule has 0 bridgehead atoms. The Balaban J connectivity index is 2.27. The lowest BCUT2D eigenvalue weighted by Crippen LogP contribution is -2.32. The molecule has 0 aliphatic carbocycles. The fourth-order valence-electron chi connectivity index (χ4n) is 2.03. The molecule has 2 heterocycles. The minimum atomic E-state index is -0.515. The van der Waals surface area contributed by atoms with E-state index in [1.165, 1.54) is 22.5 Å². The SMILES string of the molecule is Cc1cn([C@H]2C[C@H](ON=[N+]=[N-])[C@@H](CO)S2)c(=O)[nH]c1=O. The number of aryl methyl sites for hydroxylation is 1. The summed E-state index contributed by atoms with van der Waals surface area (Å²) in [6.07, 6.45) is 1.38. The Morgan fingerprint density at radius 1 is 1.70 bits per heavy atom. The predicted octanol–water partition coefficient (Wildman–Crippen LogP) is 0.452. The molecule has 0 unspecified atom stereocenters. The first-order valence-corrected chi connectivity index (χ1v) is 6.79. The van der Waals surface area contributed by atoms with Crippen molar-refractivity contribution in [2.24, 2.45) is 5.28 Å². The summed E-state index contributed by atoms with van der Waals surface area (Å²) in [6, 6.07) is 0. The largest absolute Gasteiger partial charge is 0.429 e. The van der Waals surface area contributed by atoms with E-state index in [1.807, 2.05) is 0 Å². The number of aromatic nitrogens is 2. The number of nitrogens with one attached hydrogen (secondary N) is 1. The van der Waals surface area contributed by atoms with Gasteiger partial charge in [0.1, 0.15) is 11.4 Å². The molecule has 9 nitrogen and oxygen atoms in total. The van der Waals surface area contributed by atoms with E-state index in [-0.39, 0.29) is 17.2 Å². The maximum atomic E-state index is 11.8. The molecule has 2 rings (SSSR count). The fraction of sp³-hybridized carbons (Fsp3) is 0.600. The molecular weight excluding hydrogens is 286 g/mol. The van der Waals surface area contributed by atoms with Crippen LogP contribution >= 0.6 is 11.8 Å². The molecule has 1 saturated heterocycles. The minimum Gasteiger partial charge on any atom is -0.429 e. The average Bonchev–Trinajstić information content (AvgIpc) is 2.83. The third-order valence-electron chi connectivity index (χ3n) is 3.04. The lowest BCUT2D eigenvalue weighted by atomic mass is 10.2. The van der Waals surface area contributed by atoms with Gasteiger partial charge in [0.25, 0.3) is 5.56 Å². The zero-order valence-corrected chi connectivity index (χ0v) is 11.4. The highest BCUT2D eigenvalue weighted by Crippen LogP contribution is 2.42. The molecule has 1 aliphatic rings. The molecule has 2 N–H and O–H groups in total. The molecule has 20 heavy (non-hydrogen) atoms. The number of aliphatic hydroxyl groups excluding tert-OH is 1. The first-order chi connectivity index (χ1) is 9.56. The number of hydrogen-bond acceptors (Lipinski definition) is 6. The number of hydrogen-bond donors (Lipinski definition) is 2. The van der Waals surface area contributed by atoms with E-state index in [0.29, 0.717) is 12.0 Å². The second-order valence-electron chi connectivity index (χ2n) is 4.34. The van der Waals surface area contributed by atoms with E-state index in [0.717, 1.165) is 0 Å². The van der Waals surface area contributed by atoms with Gasteiger partial charge in [-0.25, -0.2) is 4.79 Å². The number of aromatic amines is 1. The molecule has 10 heteroatoms. The Morgan fingerprint density at radius 3 is 3.10 bits per heavy atom. The van der Waals surface area contributed by atoms with Crippen LogP contribution in [0.25, 0.3) is 10.4 Å². The Kier molecular flexibility index (Phi) is 4.38. The van der Waals surface area contributed by atoms with Crippen molar-refractivity contribution in [3.05, 3.63) is 43.0 Å². The Morgan fingerprint density at radius 2 is 2.45 bits per heavy atom. The van der Waals surface area contributed by atoms with E-state index in [9.17, 15) is 14.7 Å². The standard InChI is InChI=1S/C10H13N5O4S/c1-5-3-15(10(18)12-9(5)17)8-2-6(19-14-13-11)7(4-16)20-8/h3,6-8,16H,2,4H2,1H3,(H,12,17,18)/t6-,7+,8+/m0/s1. The number of rotatable bonds is 4. The second-order valence-corrected chi connectivity index (χ2v) is 5.76. The number of nitrogens with zero attached hydrogens (tertiary/aromatic N) is 4. The molecule has 1 aliphatic heterocycles. The molecule has 1 fully saturated rings. The highest BCUT2D eigenvalue weighted by molar-refractivity contribution is 8.00. The fourth-order valence-corrected chi connectivity index (χ4v) is 3.44. The van der Waals surface area contributed by atoms with Crippen LogP contribution < -0.4 is 11.2 Å². The number of azide groups is 1. The molecule has 1 aromatic heterocycles. The third-order valence-corrected chi connectivity index (χ3v) is 4.57. The molecule has 1 aromatic rings. The maximum Gasteiger partial charge on any atom is 0.329 e. The number of H-pyrrole nitrogens is 1. The van der Waals surface area contributed by atoms with Crippen molar-refractivity contribution >= 4 is 11.8 Å². The minimum absolute atomic E-state index is 0.163. The van der Waals surface area contributed by atoms with E-state index in [1.54, 1.807) is 6.92 Å². The number of aliphatic hydroxyl groups is 1. The molecule has 0 saturated carbocycles. The van der Waals surface area contributed by atoms with E-state index in [2.05, 4.69) is 15.2 Å². The van der Waals surface area contributed by atoms with Crippen LogP contribution in [0.4, 0.5) is 0 Å². The van der Waals surface area contributed by atoms with Gasteiger partial charge in [-0.15, -0.1) is 11.8 Å². The Bertz CT molecular complexity index is 650. The van der Waals surface area contributed by atoms with Gasteiger partial charge in [-0.05, 0) is 12.5 Å². The van der Waals surface area contributed by atoms with Gasteiger partial charge in [-0.3, -0.25) is 14.3 Å². The summed E-state index contributed by atoms with van der Waals surface area (Å²) < 4.78 is 1.39. The van der Waals surface area contributed by atoms with E-state index < -0.39 is 17.4 Å². The highest BCUT2D eigenvalue weighted by atomic mass is 32.2. The lowest BCUT2D eigenvalue weighted by molar-refractivity contribution is 0.0394. The maximum absolute atomic E-state index is 11.8. The summed E-state index contributed by atoms with van der Waals surface area (Å²) in [5.41, 5.74) is 7.73. The smallest absolute Gasteiger partial charge is 0.329 e. The summed E-state index contributed by atoms with van der Waals surface area (Å²) in [4.78, 5) is 32.8. The topological polar surface area (TPSA) is 133 Å². The van der Waals surface area contributed by atoms with Gasteiger partial charge in [0, 0.05) is 23.1 Å². The third kappa shape index (κ3) is 2.82. The molecule has 0 aromatic carbocycles. The van der Waals surface area contributed by atoms with Crippen LogP contribution in [0.2, 0.25) is 0 Å². The predicted molar refractivity (Wildman–Crippen MR) is 72.2 cm³/mol. The highest BCUT2D eigenvalue weighted by Gasteiger charge is 2.37. The monoisotopic (exact) mass is 299 g/mol. The van der Waals surface area contributed by atoms with Crippen LogP contribution in [0.5, 0.6) is 0 Å². The Hall–Kier alpha value is -1.90. The Labute approximate surface area is 117 Å². The first kappa shape index (κ1) is 14.5. The zero-order chi connectivity index (χ0) is 14.7. The first-order valence-electron chi connectivity index (χ1n) is 5.85. The average molecular weight is 299 g/mol. The molecule has 0 radical (unpaired) electrons. The zero-order valence-electron chi connectivity index (χ0n) is 10.6. The summed E-state index contributed by atoms with van der Waals surface area (Å²) >= 11 is 1.33. The molecule has 108 valence electrons. The lowest BCUT2D eigenvalue weighted by Gasteiger charge is -2.12. The van der Waals surface area contributed by atoms with Crippen LogP contribution in [-0.2, 0) is 4.84 Å². The van der Waals surface area contributed by atoms with Gasteiger partial charge < -0.3 is 9.94 Å². The van der Waals surface area contributed by atoms with Gasteiger partial charge >= 0.3 is 5.69 Å². The normalized spacial score (nSPS) is 25.2. The summed E-state index contributed by atoms with van der Waals surface area (Å²) in [7, 11) is 0. The number of thioether (sulfide) groups is 1. The van der Waals surface area contributed by atoms with Gasteiger partial charge in [0.2, 0.25) is 0 Å². The van der Waals surface area contributed by atoms with Crippen molar-refractivity contribution in [2.45, 2.75) is 30.1 Å². The van der Waals surface area contributed by atoms with Crippen LogP contribution in [-0.4, -0.2) is 32.6 Å². The van der Waals surface area contributed by atoms with Crippen molar-refractivity contribution < 1.29 is 9.94 Å². The van der Waals surface area contributed by atoms with Crippen molar-refractivity contribution in [1.29, 1.82) is 0 Å². The van der Waals surface area contributed by atoms with Gasteiger partial charge in [0.15, 0.2) is 0 Å². The van der Waals surface area contributed by atoms with Gasteiger partial charge in [-0.1, -0.05) is 0 Å². The summed E-state index contributed by atoms with van der Waals surface area (Å²) in [6.45, 7) is 1.44. The van der Waals surface area contributed by atoms with E-state index >= 15 is 0 Å². The molecule has 0 spiro atoms. The molecule has 0 amide bonds. The van der Waals surface area contributed by atoms with Crippen LogP contribution in [0.15, 0.2) is 21.1 Å². The molecule has 3 atom stereocenters. The van der Waals surface area contributed by atoms with Crippen LogP contribution in [0, 0.1) is 6.92 Å². The van der Waals surface area contributed by atoms with Crippen LogP contribution in [0.1, 0.15) is 17.4 Å². The van der Waals surface area contributed by atoms with Gasteiger partial charge in [0.05, 0.1) is 17.2 Å². The second kappa shape index (κ2) is 6.04. The van der Waals surface area contributed by atoms with Gasteiger partial charge in [-0.2, -0.15) is 0 Å². The van der Waals surface area contributed by atoms with Crippen molar-refractivity contribution in [3.63, 3.8) is 0 Å². The van der Waals surface area contributed by atoms with Crippen molar-refractivity contribution in [1.82, 2.24) is 9.55 Å². The molecular formula is C10H13N5O4S. The van der Waals surface area contributed by atoms with Crippen molar-refractivity contribution in [2.75, 3.05) is 6.61 Å². The van der Waals surface area contributed by atoms with Crippen LogP contribution in [0.3, 0.4) is 0 Å². The summed E-state index contributed by atoms with van der Waals surface area (Å²) in [5.74, 6) is 0. The summed E-state index contributed by atoms with van der Waals surface area (Å²) in [5, 5.41) is 11.7. The van der Waals surface area contributed by atoms with E-state index in [4.69, 9.17) is 10.4 Å². The quantitative estimate of drug-likeness (QED) is 0.360.